The summed E-state index contributed by atoms with van der Waals surface area (Å²) in [6, 6.07) is 12.0. The van der Waals surface area contributed by atoms with Gasteiger partial charge in [-0.2, -0.15) is 0 Å². The molecule has 2 rings (SSSR count). The summed E-state index contributed by atoms with van der Waals surface area (Å²) in [5.41, 5.74) is 2.24. The molecule has 0 N–H and O–H groups in total. The summed E-state index contributed by atoms with van der Waals surface area (Å²) in [5, 5.41) is 0. The van der Waals surface area contributed by atoms with Gasteiger partial charge in [-0.1, -0.05) is 36.3 Å². The Morgan fingerprint density at radius 3 is 2.38 bits per heavy atom. The molecule has 80 valence electrons. The second-order valence-electron chi connectivity index (χ2n) is 3.90. The van der Waals surface area contributed by atoms with Crippen molar-refractivity contribution in [3.8, 4) is 12.3 Å². The van der Waals surface area contributed by atoms with E-state index in [2.05, 4.69) is 5.92 Å². The molecule has 2 aromatic rings. The van der Waals surface area contributed by atoms with Crippen molar-refractivity contribution in [3.05, 3.63) is 59.0 Å². The summed E-state index contributed by atoms with van der Waals surface area (Å²) in [5.74, 6) is 4.48. The van der Waals surface area contributed by atoms with Crippen LogP contribution in [-0.2, 0) is 0 Å². The van der Waals surface area contributed by atoms with Gasteiger partial charge < -0.3 is 4.42 Å². The van der Waals surface area contributed by atoms with Gasteiger partial charge >= 0.3 is 0 Å². The van der Waals surface area contributed by atoms with Gasteiger partial charge in [0.05, 0.1) is 0 Å². The molecule has 0 aliphatic rings. The molecule has 0 saturated heterocycles. The number of hydrogen-bond donors (Lipinski definition) is 0. The molecular weight excluding hydrogens is 196 g/mol. The maximum atomic E-state index is 5.68. The number of furan rings is 1. The second kappa shape index (κ2) is 4.28. The van der Waals surface area contributed by atoms with Crippen LogP contribution in [0.2, 0.25) is 0 Å². The van der Waals surface area contributed by atoms with Crippen LogP contribution in [0.25, 0.3) is 0 Å². The lowest BCUT2D eigenvalue weighted by Crippen LogP contribution is -1.95. The fourth-order valence-corrected chi connectivity index (χ4v) is 1.73. The topological polar surface area (TPSA) is 13.1 Å². The minimum atomic E-state index is -0.0893. The Labute approximate surface area is 96.1 Å². The smallest absolute Gasteiger partial charge is 0.123 e. The van der Waals surface area contributed by atoms with Gasteiger partial charge in [-0.15, -0.1) is 6.42 Å². The predicted octanol–water partition coefficient (Wildman–Crippen LogP) is 3.66. The van der Waals surface area contributed by atoms with Crippen LogP contribution in [0.4, 0.5) is 0 Å². The van der Waals surface area contributed by atoms with Gasteiger partial charge in [0.15, 0.2) is 0 Å². The lowest BCUT2D eigenvalue weighted by atomic mass is 9.97. The molecule has 1 unspecified atom stereocenters. The average Bonchev–Trinajstić information content (AvgIpc) is 2.61. The predicted molar refractivity (Wildman–Crippen MR) is 65.3 cm³/mol. The van der Waals surface area contributed by atoms with Crippen molar-refractivity contribution in [2.45, 2.75) is 19.8 Å². The van der Waals surface area contributed by atoms with Crippen LogP contribution >= 0.6 is 0 Å². The van der Waals surface area contributed by atoms with Crippen LogP contribution in [0.3, 0.4) is 0 Å². The Balaban J connectivity index is 2.42. The van der Waals surface area contributed by atoms with Gasteiger partial charge in [0.25, 0.3) is 0 Å². The first-order valence-electron chi connectivity index (χ1n) is 5.30. The van der Waals surface area contributed by atoms with E-state index in [1.807, 2.05) is 50.2 Å². The van der Waals surface area contributed by atoms with Gasteiger partial charge in [0.2, 0.25) is 0 Å². The third kappa shape index (κ3) is 1.87. The van der Waals surface area contributed by atoms with E-state index in [1.165, 1.54) is 0 Å². The van der Waals surface area contributed by atoms with Crippen LogP contribution in [0.5, 0.6) is 0 Å². The maximum Gasteiger partial charge on any atom is 0.123 e. The second-order valence-corrected chi connectivity index (χ2v) is 3.90. The van der Waals surface area contributed by atoms with E-state index in [0.29, 0.717) is 0 Å². The number of terminal acetylenes is 1. The number of benzene rings is 1. The van der Waals surface area contributed by atoms with Crippen molar-refractivity contribution in [1.82, 2.24) is 0 Å². The molecule has 0 saturated carbocycles. The van der Waals surface area contributed by atoms with E-state index in [0.717, 1.165) is 22.6 Å². The normalized spacial score (nSPS) is 12.1. The minimum Gasteiger partial charge on any atom is -0.464 e. The van der Waals surface area contributed by atoms with Crippen molar-refractivity contribution in [2.75, 3.05) is 0 Å². The monoisotopic (exact) mass is 210 g/mol. The molecule has 0 fully saturated rings. The maximum absolute atomic E-state index is 5.68. The van der Waals surface area contributed by atoms with Gasteiger partial charge in [-0.05, 0) is 31.0 Å². The Morgan fingerprint density at radius 1 is 1.19 bits per heavy atom. The van der Waals surface area contributed by atoms with E-state index in [1.54, 1.807) is 0 Å². The molecular formula is C15H14O. The quantitative estimate of drug-likeness (QED) is 0.689. The van der Waals surface area contributed by atoms with Crippen molar-refractivity contribution in [3.63, 3.8) is 0 Å². The largest absolute Gasteiger partial charge is 0.464 e. The molecule has 1 heterocycles. The van der Waals surface area contributed by atoms with Gasteiger partial charge in [0.1, 0.15) is 17.4 Å². The van der Waals surface area contributed by atoms with Crippen molar-refractivity contribution in [2.24, 2.45) is 0 Å². The standard InChI is InChI=1S/C15H14O/c1-4-14(13-8-6-5-7-9-13)15-10-11(2)12(3)16-15/h1,5-10,14H,2-3H3. The Morgan fingerprint density at radius 2 is 1.88 bits per heavy atom. The number of hydrogen-bond acceptors (Lipinski definition) is 1. The zero-order chi connectivity index (χ0) is 11.5. The Hall–Kier alpha value is -1.94. The fraction of sp³-hybridized carbons (Fsp3) is 0.200. The summed E-state index contributed by atoms with van der Waals surface area (Å²) in [6.07, 6.45) is 5.59. The zero-order valence-electron chi connectivity index (χ0n) is 9.53. The highest BCUT2D eigenvalue weighted by Gasteiger charge is 2.15. The van der Waals surface area contributed by atoms with E-state index in [4.69, 9.17) is 10.8 Å². The van der Waals surface area contributed by atoms with Gasteiger partial charge in [-0.3, -0.25) is 0 Å². The molecule has 1 aromatic carbocycles. The van der Waals surface area contributed by atoms with Crippen LogP contribution < -0.4 is 0 Å². The molecule has 1 nitrogen and oxygen atoms in total. The van der Waals surface area contributed by atoms with Crippen molar-refractivity contribution < 1.29 is 4.42 Å². The Bertz CT molecular complexity index is 495. The third-order valence-corrected chi connectivity index (χ3v) is 2.77. The van der Waals surface area contributed by atoms with Gasteiger partial charge in [0, 0.05) is 0 Å². The molecule has 0 aliphatic heterocycles. The molecule has 0 radical (unpaired) electrons. The fourth-order valence-electron chi connectivity index (χ4n) is 1.73. The summed E-state index contributed by atoms with van der Waals surface area (Å²) in [4.78, 5) is 0. The molecule has 0 aliphatic carbocycles. The van der Waals surface area contributed by atoms with Gasteiger partial charge in [-0.25, -0.2) is 0 Å². The summed E-state index contributed by atoms with van der Waals surface area (Å²) in [6.45, 7) is 3.98. The first-order chi connectivity index (χ1) is 7.72. The highest BCUT2D eigenvalue weighted by molar-refractivity contribution is 5.37. The Kier molecular flexibility index (Phi) is 2.83. The summed E-state index contributed by atoms with van der Waals surface area (Å²) in [7, 11) is 0. The number of aryl methyl sites for hydroxylation is 2. The molecule has 0 spiro atoms. The van der Waals surface area contributed by atoms with Crippen molar-refractivity contribution in [1.29, 1.82) is 0 Å². The van der Waals surface area contributed by atoms with E-state index >= 15 is 0 Å². The average molecular weight is 210 g/mol. The zero-order valence-corrected chi connectivity index (χ0v) is 9.53. The lowest BCUT2D eigenvalue weighted by molar-refractivity contribution is 0.482. The molecule has 1 heteroatoms. The van der Waals surface area contributed by atoms with Crippen LogP contribution in [-0.4, -0.2) is 0 Å². The summed E-state index contributed by atoms with van der Waals surface area (Å²) >= 11 is 0. The highest BCUT2D eigenvalue weighted by atomic mass is 16.3. The molecule has 0 bridgehead atoms. The van der Waals surface area contributed by atoms with Crippen molar-refractivity contribution >= 4 is 0 Å². The SMILES string of the molecule is C#CC(c1ccccc1)c1cc(C)c(C)o1. The van der Waals surface area contributed by atoms with Crippen LogP contribution in [0.15, 0.2) is 40.8 Å². The lowest BCUT2D eigenvalue weighted by Gasteiger charge is -2.07. The van der Waals surface area contributed by atoms with E-state index in [-0.39, 0.29) is 5.92 Å². The first kappa shape index (κ1) is 10.6. The first-order valence-corrected chi connectivity index (χ1v) is 5.30. The molecule has 1 aromatic heterocycles. The minimum absolute atomic E-state index is 0.0893. The van der Waals surface area contributed by atoms with E-state index in [9.17, 15) is 0 Å². The molecule has 0 amide bonds. The van der Waals surface area contributed by atoms with Crippen LogP contribution in [0, 0.1) is 26.2 Å². The highest BCUT2D eigenvalue weighted by Crippen LogP contribution is 2.27. The molecule has 16 heavy (non-hydrogen) atoms. The van der Waals surface area contributed by atoms with Crippen LogP contribution in [0.1, 0.15) is 28.6 Å². The number of rotatable bonds is 2. The summed E-state index contributed by atoms with van der Waals surface area (Å²) < 4.78 is 5.68. The third-order valence-electron chi connectivity index (χ3n) is 2.77. The molecule has 1 atom stereocenters. The van der Waals surface area contributed by atoms with E-state index < -0.39 is 0 Å².